The van der Waals surface area contributed by atoms with Crippen LogP contribution in [0.1, 0.15) is 59.2 Å². The summed E-state index contributed by atoms with van der Waals surface area (Å²) < 4.78 is 16.0. The van der Waals surface area contributed by atoms with Gasteiger partial charge >= 0.3 is 11.9 Å². The quantitative estimate of drug-likeness (QED) is 0.0909. The van der Waals surface area contributed by atoms with Crippen molar-refractivity contribution in [2.24, 2.45) is 5.92 Å². The summed E-state index contributed by atoms with van der Waals surface area (Å²) in [5, 5.41) is 0. The summed E-state index contributed by atoms with van der Waals surface area (Å²) in [7, 11) is 1.41. The molecule has 0 aliphatic carbocycles. The molecule has 0 bridgehead atoms. The van der Waals surface area contributed by atoms with Gasteiger partial charge in [-0.2, -0.15) is 0 Å². The first-order valence-electron chi connectivity index (χ1n) is 12.5. The number of ether oxygens (including phenoxy) is 3. The Kier molecular flexibility index (Phi) is 10.3. The molecule has 0 radical (unpaired) electrons. The Morgan fingerprint density at radius 1 is 0.895 bits per heavy atom. The van der Waals surface area contributed by atoms with Gasteiger partial charge < -0.3 is 14.2 Å². The molecule has 0 saturated carbocycles. The van der Waals surface area contributed by atoms with Gasteiger partial charge in [0.05, 0.1) is 24.7 Å². The molecular formula is C29H31NO8. The Morgan fingerprint density at radius 2 is 1.50 bits per heavy atom. The highest BCUT2D eigenvalue weighted by molar-refractivity contribution is 6.06. The van der Waals surface area contributed by atoms with Crippen LogP contribution in [-0.2, 0) is 19.1 Å². The lowest BCUT2D eigenvalue weighted by atomic mass is 9.97. The normalized spacial score (nSPS) is 14.8. The largest absolute Gasteiger partial charge is 0.494 e. The van der Waals surface area contributed by atoms with Crippen molar-refractivity contribution >= 4 is 29.5 Å². The van der Waals surface area contributed by atoms with E-state index in [-0.39, 0.29) is 36.2 Å². The van der Waals surface area contributed by atoms with Gasteiger partial charge in [0.15, 0.2) is 5.78 Å². The van der Waals surface area contributed by atoms with Crippen LogP contribution in [-0.4, -0.2) is 54.7 Å². The van der Waals surface area contributed by atoms with Crippen LogP contribution in [0.4, 0.5) is 0 Å². The summed E-state index contributed by atoms with van der Waals surface area (Å²) in [5.41, 5.74) is 0.720. The number of carbonyl (C=O) groups excluding carboxylic acids is 5. The number of carbonyl (C=O) groups is 5. The molecule has 1 unspecified atom stereocenters. The zero-order valence-electron chi connectivity index (χ0n) is 21.4. The fraction of sp³-hybridized carbons (Fsp3) is 0.345. The monoisotopic (exact) mass is 521 g/mol. The number of hydrogen-bond donors (Lipinski definition) is 0. The maximum atomic E-state index is 12.5. The smallest absolute Gasteiger partial charge is 0.343 e. The van der Waals surface area contributed by atoms with Crippen LogP contribution in [0.3, 0.4) is 0 Å². The molecule has 1 aliphatic rings. The minimum Gasteiger partial charge on any atom is -0.494 e. The highest BCUT2D eigenvalue weighted by Gasteiger charge is 2.37. The summed E-state index contributed by atoms with van der Waals surface area (Å²) in [4.78, 5) is 60.7. The summed E-state index contributed by atoms with van der Waals surface area (Å²) in [6.07, 6.45) is 4.64. The molecule has 1 heterocycles. The van der Waals surface area contributed by atoms with Gasteiger partial charge in [-0.3, -0.25) is 19.3 Å². The second-order valence-corrected chi connectivity index (χ2v) is 8.89. The number of imide groups is 1. The molecule has 2 aromatic rings. The number of unbranched alkanes of at least 4 members (excludes halogenated alkanes) is 3. The van der Waals surface area contributed by atoms with Gasteiger partial charge in [0.2, 0.25) is 11.8 Å². The zero-order valence-corrected chi connectivity index (χ0v) is 21.4. The molecule has 1 fully saturated rings. The SMILES string of the molecule is C=CC(=O)OCCCCCCOc1ccc(C(=O)Oc2ccc(C(=O)CC3CC(=O)N(C)C3=O)cc2)cc1. The van der Waals surface area contributed by atoms with E-state index < -0.39 is 17.9 Å². The Labute approximate surface area is 221 Å². The highest BCUT2D eigenvalue weighted by Crippen LogP contribution is 2.24. The van der Waals surface area contributed by atoms with Crippen molar-refractivity contribution in [1.29, 1.82) is 0 Å². The number of likely N-dealkylation sites (tertiary alicyclic amines) is 1. The van der Waals surface area contributed by atoms with Gasteiger partial charge in [-0.1, -0.05) is 6.58 Å². The van der Waals surface area contributed by atoms with E-state index in [2.05, 4.69) is 6.58 Å². The topological polar surface area (TPSA) is 116 Å². The lowest BCUT2D eigenvalue weighted by Gasteiger charge is -2.09. The maximum absolute atomic E-state index is 12.5. The van der Waals surface area contributed by atoms with Crippen molar-refractivity contribution in [3.8, 4) is 11.5 Å². The second kappa shape index (κ2) is 13.9. The van der Waals surface area contributed by atoms with Crippen molar-refractivity contribution < 1.29 is 38.2 Å². The molecule has 1 saturated heterocycles. The number of nitrogens with zero attached hydrogens (tertiary/aromatic N) is 1. The molecule has 2 aromatic carbocycles. The van der Waals surface area contributed by atoms with Crippen molar-refractivity contribution in [1.82, 2.24) is 4.90 Å². The van der Waals surface area contributed by atoms with Crippen LogP contribution < -0.4 is 9.47 Å². The molecule has 9 nitrogen and oxygen atoms in total. The Morgan fingerprint density at radius 3 is 2.11 bits per heavy atom. The zero-order chi connectivity index (χ0) is 27.5. The molecule has 1 aliphatic heterocycles. The van der Waals surface area contributed by atoms with Crippen molar-refractivity contribution in [2.75, 3.05) is 20.3 Å². The molecule has 0 spiro atoms. The van der Waals surface area contributed by atoms with Gasteiger partial charge in [0, 0.05) is 31.5 Å². The summed E-state index contributed by atoms with van der Waals surface area (Å²) in [6.45, 7) is 4.26. The standard InChI is InChI=1S/C29H31NO8/c1-3-27(33)37-17-7-5-4-6-16-36-23-12-10-21(11-13-23)29(35)38-24-14-8-20(9-15-24)25(31)18-22-19-26(32)30(2)28(22)34/h3,8-15,22H,1,4-7,16-19H2,2H3. The van der Waals surface area contributed by atoms with E-state index in [1.54, 1.807) is 24.3 Å². The minimum absolute atomic E-state index is 0.0389. The number of rotatable bonds is 14. The summed E-state index contributed by atoms with van der Waals surface area (Å²) >= 11 is 0. The average Bonchev–Trinajstić information content (AvgIpc) is 3.16. The fourth-order valence-electron chi connectivity index (χ4n) is 3.87. The number of benzene rings is 2. The summed E-state index contributed by atoms with van der Waals surface area (Å²) in [6, 6.07) is 12.7. The van der Waals surface area contributed by atoms with E-state index in [4.69, 9.17) is 14.2 Å². The second-order valence-electron chi connectivity index (χ2n) is 8.89. The van der Waals surface area contributed by atoms with E-state index in [0.717, 1.165) is 36.7 Å². The number of amides is 2. The van der Waals surface area contributed by atoms with Crippen LogP contribution in [0.5, 0.6) is 11.5 Å². The van der Waals surface area contributed by atoms with Gasteiger partial charge in [0.1, 0.15) is 11.5 Å². The Hall–Kier alpha value is -4.27. The van der Waals surface area contributed by atoms with Gasteiger partial charge in [-0.15, -0.1) is 0 Å². The average molecular weight is 522 g/mol. The van der Waals surface area contributed by atoms with Crippen molar-refractivity contribution in [2.45, 2.75) is 38.5 Å². The lowest BCUT2D eigenvalue weighted by Crippen LogP contribution is -2.26. The first kappa shape index (κ1) is 28.3. The molecule has 0 aromatic heterocycles. The predicted molar refractivity (Wildman–Crippen MR) is 138 cm³/mol. The number of hydrogen-bond acceptors (Lipinski definition) is 8. The lowest BCUT2D eigenvalue weighted by molar-refractivity contribution is -0.138. The molecule has 3 rings (SSSR count). The van der Waals surface area contributed by atoms with Crippen LogP contribution in [0, 0.1) is 5.92 Å². The first-order valence-corrected chi connectivity index (χ1v) is 12.5. The third-order valence-electron chi connectivity index (χ3n) is 6.10. The van der Waals surface area contributed by atoms with E-state index in [1.165, 1.54) is 31.3 Å². The first-order chi connectivity index (χ1) is 18.3. The van der Waals surface area contributed by atoms with E-state index in [0.29, 0.717) is 30.1 Å². The van der Waals surface area contributed by atoms with Gasteiger partial charge in [-0.25, -0.2) is 9.59 Å². The Balaban J connectivity index is 1.38. The Bertz CT molecular complexity index is 1170. The molecule has 1 atom stereocenters. The van der Waals surface area contributed by atoms with Crippen molar-refractivity contribution in [3.63, 3.8) is 0 Å². The van der Waals surface area contributed by atoms with Gasteiger partial charge in [0.25, 0.3) is 0 Å². The van der Waals surface area contributed by atoms with E-state index in [9.17, 15) is 24.0 Å². The molecular weight excluding hydrogens is 490 g/mol. The van der Waals surface area contributed by atoms with Crippen molar-refractivity contribution in [3.05, 3.63) is 72.3 Å². The van der Waals surface area contributed by atoms with Crippen LogP contribution in [0.15, 0.2) is 61.2 Å². The number of esters is 2. The van der Waals surface area contributed by atoms with Crippen LogP contribution >= 0.6 is 0 Å². The predicted octanol–water partition coefficient (Wildman–Crippen LogP) is 4.15. The van der Waals surface area contributed by atoms with Crippen LogP contribution in [0.2, 0.25) is 0 Å². The highest BCUT2D eigenvalue weighted by atomic mass is 16.5. The molecule has 200 valence electrons. The third kappa shape index (κ3) is 8.12. The van der Waals surface area contributed by atoms with Gasteiger partial charge in [-0.05, 0) is 74.2 Å². The van der Waals surface area contributed by atoms with E-state index >= 15 is 0 Å². The fourth-order valence-corrected chi connectivity index (χ4v) is 3.87. The van der Waals surface area contributed by atoms with E-state index in [1.807, 2.05) is 0 Å². The molecule has 9 heteroatoms. The van der Waals surface area contributed by atoms with Crippen LogP contribution in [0.25, 0.3) is 0 Å². The third-order valence-corrected chi connectivity index (χ3v) is 6.10. The summed E-state index contributed by atoms with van der Waals surface area (Å²) in [5.74, 6) is -1.56. The molecule has 0 N–H and O–H groups in total. The maximum Gasteiger partial charge on any atom is 0.343 e. The molecule has 38 heavy (non-hydrogen) atoms. The minimum atomic E-state index is -0.634. The number of ketones is 1. The number of Topliss-reactive ketones (excluding diaryl/α,β-unsaturated/α-hetero) is 1. The molecule has 2 amide bonds.